The minimum Gasteiger partial charge on any atom is -0.478 e. The van der Waals surface area contributed by atoms with E-state index in [1.54, 1.807) is 12.1 Å². The molecule has 1 fully saturated rings. The smallest absolute Gasteiger partial charge is 0.337 e. The van der Waals surface area contributed by atoms with E-state index < -0.39 is 5.97 Å². The molecule has 0 aromatic heterocycles. The molecule has 1 aromatic rings. The Morgan fingerprint density at radius 1 is 1.39 bits per heavy atom. The van der Waals surface area contributed by atoms with Gasteiger partial charge in [0.25, 0.3) is 0 Å². The summed E-state index contributed by atoms with van der Waals surface area (Å²) in [5, 5.41) is 9.27. The number of carboxylic acid groups (broad SMARTS) is 1. The monoisotopic (exact) mass is 267 g/mol. The van der Waals surface area contributed by atoms with Gasteiger partial charge < -0.3 is 10.0 Å². The molecular weight excluding hydrogens is 250 g/mol. The summed E-state index contributed by atoms with van der Waals surface area (Å²) in [4.78, 5) is 13.2. The van der Waals surface area contributed by atoms with Gasteiger partial charge in [0.05, 0.1) is 10.6 Å². The molecule has 1 aliphatic heterocycles. The van der Waals surface area contributed by atoms with Gasteiger partial charge in [-0.3, -0.25) is 0 Å². The van der Waals surface area contributed by atoms with Crippen LogP contribution in [0.1, 0.15) is 36.5 Å². The standard InChI is InChI=1S/C14H18ClNO2/c1-10-3-2-7-16(8-6-10)11-4-5-12(14(17)18)13(15)9-11/h4-5,9-10H,2-3,6-8H2,1H3,(H,17,18). The zero-order valence-corrected chi connectivity index (χ0v) is 11.3. The number of nitrogens with zero attached hydrogens (tertiary/aromatic N) is 1. The summed E-state index contributed by atoms with van der Waals surface area (Å²) in [5.74, 6) is -0.209. The van der Waals surface area contributed by atoms with Crippen molar-refractivity contribution >= 4 is 23.3 Å². The van der Waals surface area contributed by atoms with Crippen molar-refractivity contribution in [3.63, 3.8) is 0 Å². The highest BCUT2D eigenvalue weighted by Gasteiger charge is 2.16. The first-order chi connectivity index (χ1) is 8.58. The fourth-order valence-corrected chi connectivity index (χ4v) is 2.65. The van der Waals surface area contributed by atoms with Crippen LogP contribution < -0.4 is 4.90 Å². The summed E-state index contributed by atoms with van der Waals surface area (Å²) in [5.41, 5.74) is 1.20. The van der Waals surface area contributed by atoms with Crippen molar-refractivity contribution in [1.82, 2.24) is 0 Å². The van der Waals surface area contributed by atoms with E-state index in [1.165, 1.54) is 19.3 Å². The van der Waals surface area contributed by atoms with E-state index >= 15 is 0 Å². The lowest BCUT2D eigenvalue weighted by Crippen LogP contribution is -2.24. The van der Waals surface area contributed by atoms with Crippen LogP contribution in [0.15, 0.2) is 18.2 Å². The first kappa shape index (κ1) is 13.2. The number of carbonyl (C=O) groups is 1. The number of rotatable bonds is 2. The Bertz CT molecular complexity index is 447. The van der Waals surface area contributed by atoms with E-state index in [1.807, 2.05) is 6.07 Å². The quantitative estimate of drug-likeness (QED) is 0.889. The summed E-state index contributed by atoms with van der Waals surface area (Å²) in [6.45, 7) is 4.32. The lowest BCUT2D eigenvalue weighted by molar-refractivity contribution is 0.0697. The largest absolute Gasteiger partial charge is 0.478 e. The molecule has 1 unspecified atom stereocenters. The van der Waals surface area contributed by atoms with Crippen LogP contribution in [0.25, 0.3) is 0 Å². The molecule has 0 spiro atoms. The second-order valence-corrected chi connectivity index (χ2v) is 5.40. The number of anilines is 1. The Kier molecular flexibility index (Phi) is 4.12. The number of hydrogen-bond acceptors (Lipinski definition) is 2. The average Bonchev–Trinajstić information content (AvgIpc) is 2.53. The molecule has 4 heteroatoms. The molecule has 1 saturated heterocycles. The molecule has 1 aromatic carbocycles. The summed E-state index contributed by atoms with van der Waals surface area (Å²) in [6.07, 6.45) is 3.62. The van der Waals surface area contributed by atoms with E-state index in [-0.39, 0.29) is 5.56 Å². The number of hydrogen-bond donors (Lipinski definition) is 1. The van der Waals surface area contributed by atoms with Crippen LogP contribution in [0.3, 0.4) is 0 Å². The van der Waals surface area contributed by atoms with E-state index in [0.717, 1.165) is 24.7 Å². The predicted octanol–water partition coefficient (Wildman–Crippen LogP) is 3.66. The van der Waals surface area contributed by atoms with E-state index in [4.69, 9.17) is 16.7 Å². The number of aromatic carboxylic acids is 1. The number of halogens is 1. The highest BCUT2D eigenvalue weighted by Crippen LogP contribution is 2.27. The van der Waals surface area contributed by atoms with Gasteiger partial charge in [0.2, 0.25) is 0 Å². The number of benzene rings is 1. The van der Waals surface area contributed by atoms with Crippen LogP contribution in [-0.4, -0.2) is 24.2 Å². The summed E-state index contributed by atoms with van der Waals surface area (Å²) >= 11 is 6.01. The van der Waals surface area contributed by atoms with Gasteiger partial charge in [-0.1, -0.05) is 18.5 Å². The van der Waals surface area contributed by atoms with E-state index in [0.29, 0.717) is 5.02 Å². The van der Waals surface area contributed by atoms with Crippen LogP contribution in [0.5, 0.6) is 0 Å². The lowest BCUT2D eigenvalue weighted by Gasteiger charge is -2.23. The van der Waals surface area contributed by atoms with Crippen LogP contribution >= 0.6 is 11.6 Å². The molecular formula is C14H18ClNO2. The first-order valence-corrected chi connectivity index (χ1v) is 6.73. The van der Waals surface area contributed by atoms with Gasteiger partial charge in [-0.25, -0.2) is 4.79 Å². The Morgan fingerprint density at radius 3 is 2.83 bits per heavy atom. The van der Waals surface area contributed by atoms with Gasteiger partial charge >= 0.3 is 5.97 Å². The van der Waals surface area contributed by atoms with Crippen molar-refractivity contribution in [3.8, 4) is 0 Å². The molecule has 1 N–H and O–H groups in total. The topological polar surface area (TPSA) is 40.5 Å². The molecule has 0 amide bonds. The van der Waals surface area contributed by atoms with Crippen LogP contribution in [0.4, 0.5) is 5.69 Å². The predicted molar refractivity (Wildman–Crippen MR) is 73.6 cm³/mol. The van der Waals surface area contributed by atoms with Gasteiger partial charge in [-0.15, -0.1) is 0 Å². The third kappa shape index (κ3) is 2.96. The molecule has 2 rings (SSSR count). The van der Waals surface area contributed by atoms with Crippen LogP contribution in [0.2, 0.25) is 5.02 Å². The third-order valence-electron chi connectivity index (χ3n) is 3.56. The molecule has 98 valence electrons. The van der Waals surface area contributed by atoms with E-state index in [2.05, 4.69) is 11.8 Å². The minimum atomic E-state index is -0.976. The molecule has 0 radical (unpaired) electrons. The molecule has 0 saturated carbocycles. The minimum absolute atomic E-state index is 0.170. The maximum Gasteiger partial charge on any atom is 0.337 e. The zero-order chi connectivity index (χ0) is 13.1. The molecule has 1 atom stereocenters. The summed E-state index contributed by atoms with van der Waals surface area (Å²) in [6, 6.07) is 5.21. The summed E-state index contributed by atoms with van der Waals surface area (Å²) in [7, 11) is 0. The van der Waals surface area contributed by atoms with Crippen molar-refractivity contribution in [1.29, 1.82) is 0 Å². The van der Waals surface area contributed by atoms with Gasteiger partial charge in [0.15, 0.2) is 0 Å². The lowest BCUT2D eigenvalue weighted by atomic mass is 10.0. The third-order valence-corrected chi connectivity index (χ3v) is 3.88. The fourth-order valence-electron chi connectivity index (χ4n) is 2.40. The molecule has 3 nitrogen and oxygen atoms in total. The first-order valence-electron chi connectivity index (χ1n) is 6.35. The molecule has 18 heavy (non-hydrogen) atoms. The number of carboxylic acids is 1. The Labute approximate surface area is 112 Å². The van der Waals surface area contributed by atoms with Crippen molar-refractivity contribution in [2.24, 2.45) is 5.92 Å². The van der Waals surface area contributed by atoms with Crippen molar-refractivity contribution in [2.75, 3.05) is 18.0 Å². The Morgan fingerprint density at radius 2 is 2.17 bits per heavy atom. The van der Waals surface area contributed by atoms with Gasteiger partial charge in [0, 0.05) is 18.8 Å². The van der Waals surface area contributed by atoms with Crippen molar-refractivity contribution in [2.45, 2.75) is 26.2 Å². The summed E-state index contributed by atoms with van der Waals surface area (Å²) < 4.78 is 0. The maximum atomic E-state index is 10.9. The van der Waals surface area contributed by atoms with Crippen LogP contribution in [0, 0.1) is 5.92 Å². The van der Waals surface area contributed by atoms with Gasteiger partial charge in [-0.05, 0) is 43.4 Å². The highest BCUT2D eigenvalue weighted by molar-refractivity contribution is 6.33. The zero-order valence-electron chi connectivity index (χ0n) is 10.5. The van der Waals surface area contributed by atoms with Gasteiger partial charge in [-0.2, -0.15) is 0 Å². The second kappa shape index (κ2) is 5.61. The van der Waals surface area contributed by atoms with Crippen LogP contribution in [-0.2, 0) is 0 Å². The second-order valence-electron chi connectivity index (χ2n) is 4.99. The Hall–Kier alpha value is -1.22. The highest BCUT2D eigenvalue weighted by atomic mass is 35.5. The normalized spacial score (nSPS) is 20.6. The Balaban J connectivity index is 2.18. The van der Waals surface area contributed by atoms with Gasteiger partial charge in [0.1, 0.15) is 0 Å². The fraction of sp³-hybridized carbons (Fsp3) is 0.500. The molecule has 1 aliphatic rings. The van der Waals surface area contributed by atoms with Crippen molar-refractivity contribution < 1.29 is 9.90 Å². The van der Waals surface area contributed by atoms with E-state index in [9.17, 15) is 4.79 Å². The molecule has 1 heterocycles. The van der Waals surface area contributed by atoms with Crippen molar-refractivity contribution in [3.05, 3.63) is 28.8 Å². The molecule has 0 aliphatic carbocycles. The SMILES string of the molecule is CC1CCCN(c2ccc(C(=O)O)c(Cl)c2)CC1. The average molecular weight is 268 g/mol. The molecule has 0 bridgehead atoms. The maximum absolute atomic E-state index is 10.9.